The summed E-state index contributed by atoms with van der Waals surface area (Å²) in [6.07, 6.45) is -3.33. The van der Waals surface area contributed by atoms with Crippen molar-refractivity contribution in [3.63, 3.8) is 0 Å². The van der Waals surface area contributed by atoms with Crippen LogP contribution in [0.3, 0.4) is 0 Å². The third kappa shape index (κ3) is 3.86. The lowest BCUT2D eigenvalue weighted by Crippen LogP contribution is -2.43. The molecular weight excluding hydrogens is 452 g/mol. The van der Waals surface area contributed by atoms with Crippen molar-refractivity contribution in [3.8, 4) is 23.0 Å². The number of ether oxygens (including phenoxy) is 5. The molecule has 2 aromatic rings. The Morgan fingerprint density at radius 1 is 1.09 bits per heavy atom. The Bertz CT molecular complexity index is 1150. The molecule has 3 aliphatic rings. The van der Waals surface area contributed by atoms with E-state index in [1.54, 1.807) is 31.2 Å². The van der Waals surface area contributed by atoms with Gasteiger partial charge in [-0.25, -0.2) is 4.79 Å². The second-order valence-electron chi connectivity index (χ2n) is 8.44. The quantitative estimate of drug-likeness (QED) is 0.638. The lowest BCUT2D eigenvalue weighted by molar-refractivity contribution is -0.286. The second-order valence-corrected chi connectivity index (χ2v) is 8.44. The highest BCUT2D eigenvalue weighted by molar-refractivity contribution is 5.92. The zero-order chi connectivity index (χ0) is 24.1. The van der Waals surface area contributed by atoms with Gasteiger partial charge in [0.05, 0.1) is 25.2 Å². The fourth-order valence-electron chi connectivity index (χ4n) is 4.41. The third-order valence-electron chi connectivity index (χ3n) is 6.31. The van der Waals surface area contributed by atoms with Crippen molar-refractivity contribution in [2.45, 2.75) is 50.0 Å². The number of esters is 1. The van der Waals surface area contributed by atoms with Gasteiger partial charge in [0.25, 0.3) is 0 Å². The molecule has 1 amide bonds. The number of carbonyl (C=O) groups excluding carboxylic acids is 2. The van der Waals surface area contributed by atoms with Crippen LogP contribution in [0.2, 0.25) is 0 Å². The number of methoxy groups -OCH3 is 1. The van der Waals surface area contributed by atoms with Gasteiger partial charge < -0.3 is 29.0 Å². The monoisotopic (exact) mass is 475 g/mol. The molecule has 1 aliphatic carbocycles. The first-order valence-electron chi connectivity index (χ1n) is 11.0. The Kier molecular flexibility index (Phi) is 5.26. The summed E-state index contributed by atoms with van der Waals surface area (Å²) < 4.78 is 52.1. The number of halogens is 2. The van der Waals surface area contributed by atoms with Crippen LogP contribution in [0, 0.1) is 0 Å². The summed E-state index contributed by atoms with van der Waals surface area (Å²) in [4.78, 5) is 25.9. The van der Waals surface area contributed by atoms with Crippen molar-refractivity contribution < 1.29 is 42.1 Å². The van der Waals surface area contributed by atoms with Crippen LogP contribution in [-0.4, -0.2) is 38.0 Å². The molecule has 0 bridgehead atoms. The van der Waals surface area contributed by atoms with E-state index >= 15 is 0 Å². The van der Waals surface area contributed by atoms with Crippen LogP contribution < -0.4 is 24.3 Å². The van der Waals surface area contributed by atoms with E-state index in [0.717, 1.165) is 0 Å². The number of alkyl halides is 2. The number of hydrogen-bond donors (Lipinski definition) is 1. The van der Waals surface area contributed by atoms with Crippen molar-refractivity contribution in [1.29, 1.82) is 0 Å². The van der Waals surface area contributed by atoms with Gasteiger partial charge in [-0.15, -0.1) is 8.78 Å². The van der Waals surface area contributed by atoms with E-state index in [2.05, 4.69) is 14.8 Å². The summed E-state index contributed by atoms with van der Waals surface area (Å²) in [6, 6.07) is 9.07. The lowest BCUT2D eigenvalue weighted by Gasteiger charge is -2.32. The third-order valence-corrected chi connectivity index (χ3v) is 6.31. The topological polar surface area (TPSA) is 92.3 Å². The molecule has 2 aromatic carbocycles. The molecular formula is C24H23F2NO7. The van der Waals surface area contributed by atoms with Crippen molar-refractivity contribution >= 4 is 11.9 Å². The highest BCUT2D eigenvalue weighted by Gasteiger charge is 2.53. The number of benzene rings is 2. The molecule has 1 saturated carbocycles. The molecule has 0 radical (unpaired) electrons. The van der Waals surface area contributed by atoms with Crippen LogP contribution in [0.15, 0.2) is 36.4 Å². The van der Waals surface area contributed by atoms with Gasteiger partial charge in [-0.3, -0.25) is 4.79 Å². The highest BCUT2D eigenvalue weighted by Crippen LogP contribution is 2.52. The SMILES string of the molecule is CCOC(=O)C1CC(NC(=O)C2(c3ccc4c(c3)OC(F)(F)O4)CC2)c2ccc(OC)cc2O1. The average molecular weight is 475 g/mol. The Morgan fingerprint density at radius 2 is 1.85 bits per heavy atom. The summed E-state index contributed by atoms with van der Waals surface area (Å²) in [5.41, 5.74) is 0.394. The Balaban J connectivity index is 1.40. The molecule has 1 N–H and O–H groups in total. The zero-order valence-electron chi connectivity index (χ0n) is 18.6. The normalized spacial score (nSPS) is 22.7. The van der Waals surface area contributed by atoms with E-state index < -0.39 is 29.8 Å². The maximum absolute atomic E-state index is 13.4. The first-order chi connectivity index (χ1) is 16.2. The minimum atomic E-state index is -3.73. The van der Waals surface area contributed by atoms with Gasteiger partial charge in [-0.1, -0.05) is 6.07 Å². The molecule has 0 aromatic heterocycles. The molecule has 5 rings (SSSR count). The number of hydrogen-bond acceptors (Lipinski definition) is 7. The van der Waals surface area contributed by atoms with E-state index in [-0.39, 0.29) is 30.4 Å². The molecule has 180 valence electrons. The predicted molar refractivity (Wildman–Crippen MR) is 113 cm³/mol. The smallest absolute Gasteiger partial charge is 0.497 e. The fourth-order valence-corrected chi connectivity index (χ4v) is 4.41. The lowest BCUT2D eigenvalue weighted by atomic mass is 9.91. The average Bonchev–Trinajstić information content (AvgIpc) is 3.55. The van der Waals surface area contributed by atoms with Gasteiger partial charge in [-0.05, 0) is 49.6 Å². The molecule has 1 fully saturated rings. The summed E-state index contributed by atoms with van der Waals surface area (Å²) in [5, 5.41) is 3.04. The van der Waals surface area contributed by atoms with Crippen LogP contribution in [0.5, 0.6) is 23.0 Å². The molecule has 0 spiro atoms. The van der Waals surface area contributed by atoms with Gasteiger partial charge in [-0.2, -0.15) is 0 Å². The summed E-state index contributed by atoms with van der Waals surface area (Å²) >= 11 is 0. The van der Waals surface area contributed by atoms with E-state index in [9.17, 15) is 18.4 Å². The van der Waals surface area contributed by atoms with Gasteiger partial charge in [0, 0.05) is 18.1 Å². The van der Waals surface area contributed by atoms with Crippen molar-refractivity contribution in [3.05, 3.63) is 47.5 Å². The number of fused-ring (bicyclic) bond motifs is 2. The Morgan fingerprint density at radius 3 is 2.56 bits per heavy atom. The summed E-state index contributed by atoms with van der Waals surface area (Å²) in [7, 11) is 1.52. The molecule has 2 atom stereocenters. The minimum Gasteiger partial charge on any atom is -0.497 e. The van der Waals surface area contributed by atoms with Crippen LogP contribution in [0.25, 0.3) is 0 Å². The van der Waals surface area contributed by atoms with Crippen molar-refractivity contribution in [1.82, 2.24) is 5.32 Å². The van der Waals surface area contributed by atoms with Crippen LogP contribution in [0.1, 0.15) is 43.4 Å². The molecule has 2 unspecified atom stereocenters. The Labute approximate surface area is 194 Å². The maximum Gasteiger partial charge on any atom is 0.586 e. The summed E-state index contributed by atoms with van der Waals surface area (Å²) in [5.74, 6) is -0.00211. The van der Waals surface area contributed by atoms with E-state index in [1.165, 1.54) is 19.2 Å². The largest absolute Gasteiger partial charge is 0.586 e. The fraction of sp³-hybridized carbons (Fsp3) is 0.417. The number of amides is 1. The first kappa shape index (κ1) is 22.2. The van der Waals surface area contributed by atoms with Gasteiger partial charge >= 0.3 is 12.3 Å². The van der Waals surface area contributed by atoms with Crippen LogP contribution in [0.4, 0.5) is 8.78 Å². The Hall–Kier alpha value is -3.56. The van der Waals surface area contributed by atoms with Crippen LogP contribution >= 0.6 is 0 Å². The maximum atomic E-state index is 13.4. The van der Waals surface area contributed by atoms with Gasteiger partial charge in [0.15, 0.2) is 17.6 Å². The molecule has 2 heterocycles. The van der Waals surface area contributed by atoms with E-state index in [1.807, 2.05) is 0 Å². The number of carbonyl (C=O) groups is 2. The van der Waals surface area contributed by atoms with Gasteiger partial charge in [0.2, 0.25) is 5.91 Å². The number of nitrogens with one attached hydrogen (secondary N) is 1. The minimum absolute atomic E-state index is 0.0745. The summed E-state index contributed by atoms with van der Waals surface area (Å²) in [6.45, 7) is 1.90. The van der Waals surface area contributed by atoms with Gasteiger partial charge in [0.1, 0.15) is 11.5 Å². The first-order valence-corrected chi connectivity index (χ1v) is 11.0. The molecule has 10 heteroatoms. The second kappa shape index (κ2) is 8.03. The number of rotatable bonds is 6. The van der Waals surface area contributed by atoms with E-state index in [0.29, 0.717) is 35.5 Å². The predicted octanol–water partition coefficient (Wildman–Crippen LogP) is 3.62. The van der Waals surface area contributed by atoms with Crippen LogP contribution in [-0.2, 0) is 19.7 Å². The van der Waals surface area contributed by atoms with Crippen molar-refractivity contribution in [2.24, 2.45) is 0 Å². The molecule has 0 saturated heterocycles. The van der Waals surface area contributed by atoms with E-state index in [4.69, 9.17) is 14.2 Å². The standard InChI is InChI=1S/C24H23F2NO7/c1-3-31-21(28)20-12-16(15-6-5-14(30-2)11-18(15)32-20)27-22(29)23(8-9-23)13-4-7-17-19(10-13)34-24(25,26)33-17/h4-7,10-11,16,20H,3,8-9,12H2,1-2H3,(H,27,29). The molecule has 8 nitrogen and oxygen atoms in total. The van der Waals surface area contributed by atoms with Crippen molar-refractivity contribution in [2.75, 3.05) is 13.7 Å². The molecule has 34 heavy (non-hydrogen) atoms. The zero-order valence-corrected chi connectivity index (χ0v) is 18.6. The highest BCUT2D eigenvalue weighted by atomic mass is 19.3. The molecule has 2 aliphatic heterocycles.